The highest BCUT2D eigenvalue weighted by atomic mass is 32.2. The smallest absolute Gasteiger partial charge is 0.258 e. The van der Waals surface area contributed by atoms with E-state index in [0.717, 1.165) is 11.1 Å². The van der Waals surface area contributed by atoms with Gasteiger partial charge in [-0.05, 0) is 42.2 Å². The molecule has 0 radical (unpaired) electrons. The van der Waals surface area contributed by atoms with Crippen LogP contribution < -0.4 is 10.1 Å². The number of carbonyl (C=O) groups is 1. The predicted octanol–water partition coefficient (Wildman–Crippen LogP) is 3.47. The average Bonchev–Trinajstić information content (AvgIpc) is 2.59. The fraction of sp³-hybridized carbons (Fsp3) is 0.350. The van der Waals surface area contributed by atoms with Gasteiger partial charge in [0.2, 0.25) is 0 Å². The second-order valence-electron chi connectivity index (χ2n) is 6.61. The average molecular weight is 375 g/mol. The van der Waals surface area contributed by atoms with Crippen molar-refractivity contribution < 1.29 is 17.9 Å². The Balaban J connectivity index is 1.95. The molecule has 0 bridgehead atoms. The van der Waals surface area contributed by atoms with Crippen LogP contribution in [-0.4, -0.2) is 27.2 Å². The molecular formula is C20H25NO4S. The van der Waals surface area contributed by atoms with E-state index in [2.05, 4.69) is 19.2 Å². The van der Waals surface area contributed by atoms with Crippen molar-refractivity contribution >= 4 is 15.7 Å². The SMILES string of the molecule is CC(C)c1ccccc1OCC(=O)NC(C)c1ccc(S(C)(=O)=O)cc1. The topological polar surface area (TPSA) is 72.5 Å². The van der Waals surface area contributed by atoms with Gasteiger partial charge < -0.3 is 10.1 Å². The largest absolute Gasteiger partial charge is 0.483 e. The Morgan fingerprint density at radius 3 is 2.23 bits per heavy atom. The molecule has 1 atom stereocenters. The van der Waals surface area contributed by atoms with Crippen LogP contribution in [0.1, 0.15) is 43.9 Å². The number of ether oxygens (including phenoxy) is 1. The molecule has 0 aliphatic rings. The van der Waals surface area contributed by atoms with Crippen LogP contribution in [0.4, 0.5) is 0 Å². The standard InChI is InChI=1S/C20H25NO4S/c1-14(2)18-7-5-6-8-19(18)25-13-20(22)21-15(3)16-9-11-17(12-10-16)26(4,23)24/h5-12,14-15H,13H2,1-4H3,(H,21,22). The highest BCUT2D eigenvalue weighted by molar-refractivity contribution is 7.90. The van der Waals surface area contributed by atoms with Crippen LogP contribution in [0.25, 0.3) is 0 Å². The molecule has 6 heteroatoms. The Kier molecular flexibility index (Phi) is 6.42. The van der Waals surface area contributed by atoms with E-state index in [-0.39, 0.29) is 23.5 Å². The molecule has 2 aromatic rings. The van der Waals surface area contributed by atoms with Crippen LogP contribution >= 0.6 is 0 Å². The molecule has 0 aromatic heterocycles. The number of sulfone groups is 1. The van der Waals surface area contributed by atoms with E-state index < -0.39 is 9.84 Å². The van der Waals surface area contributed by atoms with E-state index in [4.69, 9.17) is 4.74 Å². The highest BCUT2D eigenvalue weighted by Gasteiger charge is 2.13. The second kappa shape index (κ2) is 8.36. The predicted molar refractivity (Wildman–Crippen MR) is 102 cm³/mol. The summed E-state index contributed by atoms with van der Waals surface area (Å²) in [4.78, 5) is 12.4. The first kappa shape index (κ1) is 20.0. The summed E-state index contributed by atoms with van der Waals surface area (Å²) in [7, 11) is -3.23. The summed E-state index contributed by atoms with van der Waals surface area (Å²) in [5, 5.41) is 2.86. The quantitative estimate of drug-likeness (QED) is 0.804. The summed E-state index contributed by atoms with van der Waals surface area (Å²) < 4.78 is 28.7. The third kappa shape index (κ3) is 5.33. The number of hydrogen-bond acceptors (Lipinski definition) is 4. The number of benzene rings is 2. The fourth-order valence-electron chi connectivity index (χ4n) is 2.60. The number of carbonyl (C=O) groups excluding carboxylic acids is 1. The van der Waals surface area contributed by atoms with Gasteiger partial charge in [0, 0.05) is 6.26 Å². The fourth-order valence-corrected chi connectivity index (χ4v) is 3.23. The molecule has 1 N–H and O–H groups in total. The molecule has 0 spiro atoms. The molecule has 26 heavy (non-hydrogen) atoms. The van der Waals surface area contributed by atoms with Gasteiger partial charge in [-0.1, -0.05) is 44.2 Å². The van der Waals surface area contributed by atoms with Crippen molar-refractivity contribution in [1.29, 1.82) is 0 Å². The molecule has 0 heterocycles. The molecule has 140 valence electrons. The Bertz CT molecular complexity index is 858. The number of nitrogens with one attached hydrogen (secondary N) is 1. The minimum Gasteiger partial charge on any atom is -0.483 e. The van der Waals surface area contributed by atoms with Crippen molar-refractivity contribution in [2.75, 3.05) is 12.9 Å². The molecule has 1 unspecified atom stereocenters. The van der Waals surface area contributed by atoms with Crippen LogP contribution in [-0.2, 0) is 14.6 Å². The first-order chi connectivity index (χ1) is 12.2. The minimum atomic E-state index is -3.23. The van der Waals surface area contributed by atoms with Crippen LogP contribution in [0.5, 0.6) is 5.75 Å². The molecule has 0 aliphatic heterocycles. The maximum absolute atomic E-state index is 12.2. The molecule has 0 saturated carbocycles. The van der Waals surface area contributed by atoms with E-state index in [1.807, 2.05) is 31.2 Å². The Hall–Kier alpha value is -2.34. The van der Waals surface area contributed by atoms with Gasteiger partial charge in [0.1, 0.15) is 5.75 Å². The van der Waals surface area contributed by atoms with Gasteiger partial charge in [0.25, 0.3) is 5.91 Å². The van der Waals surface area contributed by atoms with Gasteiger partial charge in [-0.2, -0.15) is 0 Å². The zero-order valence-electron chi connectivity index (χ0n) is 15.5. The van der Waals surface area contributed by atoms with Gasteiger partial charge >= 0.3 is 0 Å². The van der Waals surface area contributed by atoms with Crippen molar-refractivity contribution in [1.82, 2.24) is 5.32 Å². The summed E-state index contributed by atoms with van der Waals surface area (Å²) in [5.41, 5.74) is 1.89. The summed E-state index contributed by atoms with van der Waals surface area (Å²) in [6.45, 7) is 5.92. The maximum Gasteiger partial charge on any atom is 0.258 e. The summed E-state index contributed by atoms with van der Waals surface area (Å²) in [5.74, 6) is 0.785. The van der Waals surface area contributed by atoms with E-state index in [1.54, 1.807) is 24.3 Å². The van der Waals surface area contributed by atoms with Gasteiger partial charge in [0.15, 0.2) is 16.4 Å². The van der Waals surface area contributed by atoms with Crippen molar-refractivity contribution in [3.63, 3.8) is 0 Å². The Labute approximate surface area is 155 Å². The van der Waals surface area contributed by atoms with Crippen molar-refractivity contribution in [3.05, 3.63) is 59.7 Å². The Morgan fingerprint density at radius 1 is 1.04 bits per heavy atom. The molecule has 1 amide bonds. The lowest BCUT2D eigenvalue weighted by Gasteiger charge is -2.17. The molecule has 0 aliphatic carbocycles. The number of amides is 1. The molecule has 0 fully saturated rings. The van der Waals surface area contributed by atoms with Crippen molar-refractivity contribution in [2.24, 2.45) is 0 Å². The third-order valence-corrected chi connectivity index (χ3v) is 5.21. The molecule has 2 aromatic carbocycles. The molecule has 2 rings (SSSR count). The first-order valence-corrected chi connectivity index (χ1v) is 10.4. The Morgan fingerprint density at radius 2 is 1.65 bits per heavy atom. The highest BCUT2D eigenvalue weighted by Crippen LogP contribution is 2.25. The van der Waals surface area contributed by atoms with E-state index in [1.165, 1.54) is 6.26 Å². The van der Waals surface area contributed by atoms with E-state index in [9.17, 15) is 13.2 Å². The van der Waals surface area contributed by atoms with Crippen LogP contribution in [0.15, 0.2) is 53.4 Å². The van der Waals surface area contributed by atoms with Gasteiger partial charge in [-0.3, -0.25) is 4.79 Å². The van der Waals surface area contributed by atoms with E-state index >= 15 is 0 Å². The van der Waals surface area contributed by atoms with Gasteiger partial charge in [0.05, 0.1) is 10.9 Å². The third-order valence-electron chi connectivity index (χ3n) is 4.09. The van der Waals surface area contributed by atoms with Crippen LogP contribution in [0.2, 0.25) is 0 Å². The molecule has 0 saturated heterocycles. The lowest BCUT2D eigenvalue weighted by Crippen LogP contribution is -2.31. The van der Waals surface area contributed by atoms with Crippen LogP contribution in [0, 0.1) is 0 Å². The van der Waals surface area contributed by atoms with Gasteiger partial charge in [-0.15, -0.1) is 0 Å². The normalized spacial score (nSPS) is 12.7. The van der Waals surface area contributed by atoms with E-state index in [0.29, 0.717) is 11.7 Å². The summed E-state index contributed by atoms with van der Waals surface area (Å²) >= 11 is 0. The zero-order valence-corrected chi connectivity index (χ0v) is 16.3. The van der Waals surface area contributed by atoms with Crippen LogP contribution in [0.3, 0.4) is 0 Å². The molecular weight excluding hydrogens is 350 g/mol. The minimum absolute atomic E-state index is 0.0739. The first-order valence-electron chi connectivity index (χ1n) is 8.49. The van der Waals surface area contributed by atoms with Gasteiger partial charge in [-0.25, -0.2) is 8.42 Å². The lowest BCUT2D eigenvalue weighted by atomic mass is 10.0. The summed E-state index contributed by atoms with van der Waals surface area (Å²) in [6.07, 6.45) is 1.17. The monoisotopic (exact) mass is 375 g/mol. The number of hydrogen-bond donors (Lipinski definition) is 1. The van der Waals surface area contributed by atoms with Crippen molar-refractivity contribution in [3.8, 4) is 5.75 Å². The maximum atomic E-state index is 12.2. The van der Waals surface area contributed by atoms with Crippen molar-refractivity contribution in [2.45, 2.75) is 37.6 Å². The number of para-hydroxylation sites is 1. The summed E-state index contributed by atoms with van der Waals surface area (Å²) in [6, 6.07) is 13.9. The lowest BCUT2D eigenvalue weighted by molar-refractivity contribution is -0.123. The number of rotatable bonds is 7. The zero-order chi connectivity index (χ0) is 19.3. The second-order valence-corrected chi connectivity index (χ2v) is 8.63. The molecule has 5 nitrogen and oxygen atoms in total.